The van der Waals surface area contributed by atoms with Gasteiger partial charge in [-0.25, -0.2) is 23.1 Å². The maximum absolute atomic E-state index is 14.7. The van der Waals surface area contributed by atoms with Crippen LogP contribution in [0.25, 0.3) is 11.8 Å². The average molecular weight is 485 g/mol. The summed E-state index contributed by atoms with van der Waals surface area (Å²) in [6, 6.07) is 2.51. The van der Waals surface area contributed by atoms with Crippen molar-refractivity contribution in [1.29, 1.82) is 0 Å². The van der Waals surface area contributed by atoms with Gasteiger partial charge >= 0.3 is 0 Å². The Hall–Kier alpha value is -2.56. The Bertz CT molecular complexity index is 1160. The number of methoxy groups -OCH3 is 2. The molecule has 178 valence electrons. The first-order valence-electron chi connectivity index (χ1n) is 10.3. The number of hydrogen-bond acceptors (Lipinski definition) is 7. The Labute approximate surface area is 193 Å². The van der Waals surface area contributed by atoms with E-state index in [1.165, 1.54) is 26.6 Å². The van der Waals surface area contributed by atoms with Crippen LogP contribution in [0.4, 0.5) is 24.7 Å². The summed E-state index contributed by atoms with van der Waals surface area (Å²) in [5.41, 5.74) is 0.0509. The zero-order valence-electron chi connectivity index (χ0n) is 18.4. The number of alkyl halides is 2. The third-order valence-corrected chi connectivity index (χ3v) is 5.99. The first kappa shape index (κ1) is 23.6. The van der Waals surface area contributed by atoms with Crippen molar-refractivity contribution in [2.45, 2.75) is 31.0 Å². The van der Waals surface area contributed by atoms with Crippen molar-refractivity contribution in [3.63, 3.8) is 0 Å². The molecule has 1 aromatic heterocycles. The molecule has 0 amide bonds. The fourth-order valence-electron chi connectivity index (χ4n) is 3.99. The molecule has 1 saturated heterocycles. The monoisotopic (exact) mass is 484 g/mol. The fraction of sp³-hybridized carbons (Fsp3) is 0.455. The van der Waals surface area contributed by atoms with Crippen molar-refractivity contribution in [2.75, 3.05) is 39.7 Å². The molecular weight excluding hydrogens is 461 g/mol. The molecule has 7 nitrogen and oxygen atoms in total. The number of benzene rings is 1. The minimum absolute atomic E-state index is 0.0509. The van der Waals surface area contributed by atoms with Crippen LogP contribution in [0.1, 0.15) is 12.8 Å². The van der Waals surface area contributed by atoms with E-state index in [1.807, 2.05) is 0 Å². The summed E-state index contributed by atoms with van der Waals surface area (Å²) in [4.78, 5) is 10.1. The maximum atomic E-state index is 14.7. The van der Waals surface area contributed by atoms with Crippen LogP contribution >= 0.6 is 11.6 Å². The summed E-state index contributed by atoms with van der Waals surface area (Å²) in [5, 5.41) is 3.85. The number of rotatable bonds is 6. The van der Waals surface area contributed by atoms with Gasteiger partial charge in [0.05, 0.1) is 41.0 Å². The SMILES string of the molecule is COc1cc(Nc2ncnc3c2=C(OC2CCN(C)CC2(F)F)CC(OC)C=3)c(F)cc1Cl. The van der Waals surface area contributed by atoms with Crippen molar-refractivity contribution in [1.82, 2.24) is 14.9 Å². The standard InChI is InChI=1S/C22H24ClF3N4O3/c1-30-5-4-19(22(25,26)10-30)33-18-7-12(31-2)6-16-20(18)21(28-11-27-16)29-15-9-17(32-3)13(23)8-14(15)24/h6,8-9,11-12,19H,4-5,7,10H2,1-3H3,(H,27,28,29). The molecule has 0 radical (unpaired) electrons. The van der Waals surface area contributed by atoms with E-state index in [1.54, 1.807) is 18.0 Å². The van der Waals surface area contributed by atoms with Crippen LogP contribution in [0.2, 0.25) is 5.02 Å². The van der Waals surface area contributed by atoms with Crippen LogP contribution < -0.4 is 20.6 Å². The Kier molecular flexibility index (Phi) is 6.69. The van der Waals surface area contributed by atoms with Crippen LogP contribution in [0.15, 0.2) is 18.5 Å². The van der Waals surface area contributed by atoms with Gasteiger partial charge in [0.1, 0.15) is 29.5 Å². The average Bonchev–Trinajstić information content (AvgIpc) is 2.76. The number of likely N-dealkylation sites (tertiary alicyclic amines) is 1. The predicted octanol–water partition coefficient (Wildman–Crippen LogP) is 2.68. The minimum atomic E-state index is -3.04. The third kappa shape index (κ3) is 4.87. The van der Waals surface area contributed by atoms with Crippen molar-refractivity contribution >= 4 is 34.9 Å². The van der Waals surface area contributed by atoms with E-state index in [-0.39, 0.29) is 40.9 Å². The molecule has 1 aliphatic heterocycles. The summed E-state index contributed by atoms with van der Waals surface area (Å²) in [6.07, 6.45) is 1.68. The fourth-order valence-corrected chi connectivity index (χ4v) is 4.22. The maximum Gasteiger partial charge on any atom is 0.296 e. The summed E-state index contributed by atoms with van der Waals surface area (Å²) in [7, 11) is 4.58. The van der Waals surface area contributed by atoms with Gasteiger partial charge in [-0.05, 0) is 19.2 Å². The molecule has 1 N–H and O–H groups in total. The van der Waals surface area contributed by atoms with Crippen molar-refractivity contribution < 1.29 is 27.4 Å². The highest BCUT2D eigenvalue weighted by molar-refractivity contribution is 6.32. The van der Waals surface area contributed by atoms with Gasteiger partial charge in [-0.3, -0.25) is 0 Å². The lowest BCUT2D eigenvalue weighted by atomic mass is 10.0. The topological polar surface area (TPSA) is 68.7 Å². The van der Waals surface area contributed by atoms with Crippen LogP contribution in [0.3, 0.4) is 0 Å². The first-order valence-corrected chi connectivity index (χ1v) is 10.7. The van der Waals surface area contributed by atoms with Gasteiger partial charge in [0.15, 0.2) is 6.10 Å². The third-order valence-electron chi connectivity index (χ3n) is 5.69. The largest absolute Gasteiger partial charge is 0.495 e. The molecular formula is C22H24ClF3N4O3. The smallest absolute Gasteiger partial charge is 0.296 e. The highest BCUT2D eigenvalue weighted by atomic mass is 35.5. The molecule has 33 heavy (non-hydrogen) atoms. The first-order chi connectivity index (χ1) is 15.7. The molecule has 4 rings (SSSR count). The normalized spacial score (nSPS) is 22.3. The minimum Gasteiger partial charge on any atom is -0.495 e. The number of hydrogen-bond donors (Lipinski definition) is 1. The lowest BCUT2D eigenvalue weighted by Gasteiger charge is -2.37. The molecule has 0 spiro atoms. The Balaban J connectivity index is 1.79. The number of anilines is 2. The van der Waals surface area contributed by atoms with Gasteiger partial charge in [-0.1, -0.05) is 11.6 Å². The number of aromatic nitrogens is 2. The highest BCUT2D eigenvalue weighted by Gasteiger charge is 2.46. The van der Waals surface area contributed by atoms with Crippen molar-refractivity contribution in [3.8, 4) is 5.75 Å². The number of piperidine rings is 1. The van der Waals surface area contributed by atoms with Gasteiger partial charge in [0.25, 0.3) is 5.92 Å². The van der Waals surface area contributed by atoms with Crippen molar-refractivity contribution in [3.05, 3.63) is 39.9 Å². The number of nitrogens with zero attached hydrogens (tertiary/aromatic N) is 3. The lowest BCUT2D eigenvalue weighted by molar-refractivity contribution is -0.146. The van der Waals surface area contributed by atoms with E-state index in [4.69, 9.17) is 25.8 Å². The highest BCUT2D eigenvalue weighted by Crippen LogP contribution is 2.33. The number of ether oxygens (including phenoxy) is 3. The van der Waals surface area contributed by atoms with Crippen LogP contribution in [0, 0.1) is 5.82 Å². The Morgan fingerprint density at radius 1 is 1.24 bits per heavy atom. The molecule has 2 aliphatic rings. The van der Waals surface area contributed by atoms with E-state index in [9.17, 15) is 13.2 Å². The summed E-state index contributed by atoms with van der Waals surface area (Å²) >= 11 is 5.98. The second-order valence-electron chi connectivity index (χ2n) is 8.04. The predicted molar refractivity (Wildman–Crippen MR) is 118 cm³/mol. The summed E-state index contributed by atoms with van der Waals surface area (Å²) in [6.45, 7) is 0.0796. The molecule has 11 heteroatoms. The van der Waals surface area contributed by atoms with E-state index < -0.39 is 30.5 Å². The lowest BCUT2D eigenvalue weighted by Crippen LogP contribution is -2.52. The van der Waals surface area contributed by atoms with Gasteiger partial charge in [-0.2, -0.15) is 0 Å². The van der Waals surface area contributed by atoms with Gasteiger partial charge in [0.2, 0.25) is 0 Å². The van der Waals surface area contributed by atoms with Crippen LogP contribution in [-0.2, 0) is 9.47 Å². The van der Waals surface area contributed by atoms with Gasteiger partial charge in [0, 0.05) is 32.6 Å². The van der Waals surface area contributed by atoms with Gasteiger partial charge < -0.3 is 24.4 Å². The van der Waals surface area contributed by atoms with Crippen molar-refractivity contribution in [2.24, 2.45) is 0 Å². The molecule has 0 bridgehead atoms. The second-order valence-corrected chi connectivity index (χ2v) is 8.44. The van der Waals surface area contributed by atoms with Gasteiger partial charge in [-0.15, -0.1) is 0 Å². The molecule has 2 aromatic rings. The second kappa shape index (κ2) is 9.36. The van der Waals surface area contributed by atoms with E-state index in [0.717, 1.165) is 6.07 Å². The molecule has 1 aromatic carbocycles. The van der Waals surface area contributed by atoms with E-state index in [0.29, 0.717) is 17.1 Å². The van der Waals surface area contributed by atoms with Crippen LogP contribution in [0.5, 0.6) is 5.75 Å². The van der Waals surface area contributed by atoms with E-state index >= 15 is 0 Å². The quantitative estimate of drug-likeness (QED) is 0.676. The zero-order valence-corrected chi connectivity index (χ0v) is 19.1. The molecule has 0 saturated carbocycles. The molecule has 2 heterocycles. The molecule has 2 atom stereocenters. The summed E-state index contributed by atoms with van der Waals surface area (Å²) < 4.78 is 60.5. The van der Waals surface area contributed by atoms with Crippen LogP contribution in [-0.4, -0.2) is 67.4 Å². The van der Waals surface area contributed by atoms with E-state index in [2.05, 4.69) is 15.3 Å². The molecule has 1 fully saturated rings. The molecule has 1 aliphatic carbocycles. The summed E-state index contributed by atoms with van der Waals surface area (Å²) in [5.74, 6) is -2.94. The molecule has 2 unspecified atom stereocenters. The number of halogens is 4. The zero-order chi connectivity index (χ0) is 23.8. The number of fused-ring (bicyclic) bond motifs is 1. The Morgan fingerprint density at radius 2 is 2.03 bits per heavy atom. The number of nitrogens with one attached hydrogen (secondary N) is 1. The Morgan fingerprint density at radius 3 is 2.73 bits per heavy atom.